The molecule has 3 aromatic rings. The second kappa shape index (κ2) is 12.2. The molecule has 1 aromatic heterocycles. The molecular formula is C28H33N5O4. The fourth-order valence-corrected chi connectivity index (χ4v) is 4.72. The summed E-state index contributed by atoms with van der Waals surface area (Å²) in [6.45, 7) is 1.11. The molecule has 3 N–H and O–H groups in total. The maximum atomic E-state index is 11.1. The van der Waals surface area contributed by atoms with Crippen LogP contribution in [0.3, 0.4) is 0 Å². The number of nitrogens with two attached hydrogens (primary N) is 1. The Morgan fingerprint density at radius 1 is 1.14 bits per heavy atom. The van der Waals surface area contributed by atoms with Gasteiger partial charge in [-0.25, -0.2) is 9.48 Å². The van der Waals surface area contributed by atoms with Crippen LogP contribution < -0.4 is 10.5 Å². The molecule has 0 aliphatic heterocycles. The summed E-state index contributed by atoms with van der Waals surface area (Å²) in [5.74, 6) is -0.886. The van der Waals surface area contributed by atoms with Crippen LogP contribution in [0, 0.1) is 11.3 Å². The van der Waals surface area contributed by atoms with Gasteiger partial charge in [-0.2, -0.15) is 10.4 Å². The van der Waals surface area contributed by atoms with Crippen molar-refractivity contribution in [2.45, 2.75) is 37.5 Å². The molecule has 1 saturated carbocycles. The Kier molecular flexibility index (Phi) is 9.04. The summed E-state index contributed by atoms with van der Waals surface area (Å²) in [6.07, 6.45) is 7.56. The van der Waals surface area contributed by atoms with Crippen LogP contribution in [0.4, 0.5) is 0 Å². The van der Waals surface area contributed by atoms with Gasteiger partial charge in [0, 0.05) is 5.56 Å². The third-order valence-corrected chi connectivity index (χ3v) is 6.79. The van der Waals surface area contributed by atoms with Crippen LogP contribution in [0.5, 0.6) is 5.75 Å². The number of nitriles is 1. The Morgan fingerprint density at radius 2 is 1.76 bits per heavy atom. The summed E-state index contributed by atoms with van der Waals surface area (Å²) in [4.78, 5) is 24.5. The average molecular weight is 504 g/mol. The van der Waals surface area contributed by atoms with Gasteiger partial charge in [-0.05, 0) is 87.3 Å². The molecule has 0 saturated heterocycles. The van der Waals surface area contributed by atoms with Gasteiger partial charge in [-0.1, -0.05) is 25.0 Å². The summed E-state index contributed by atoms with van der Waals surface area (Å²) in [5.41, 5.74) is 8.01. The predicted molar refractivity (Wildman–Crippen MR) is 140 cm³/mol. The smallest absolute Gasteiger partial charge is 0.356 e. The van der Waals surface area contributed by atoms with E-state index < -0.39 is 5.97 Å². The fraction of sp³-hybridized carbons (Fsp3) is 0.357. The summed E-state index contributed by atoms with van der Waals surface area (Å²) < 4.78 is 6.22. The lowest BCUT2D eigenvalue weighted by molar-refractivity contribution is 0.0686. The topological polar surface area (TPSA) is 134 Å². The highest BCUT2D eigenvalue weighted by Gasteiger charge is 2.35. The molecule has 1 fully saturated rings. The van der Waals surface area contributed by atoms with Gasteiger partial charge in [0.25, 0.3) is 0 Å². The Labute approximate surface area is 217 Å². The number of aromatic nitrogens is 2. The number of carbonyl (C=O) groups excluding carboxylic acids is 1. The van der Waals surface area contributed by atoms with Crippen LogP contribution >= 0.6 is 0 Å². The minimum atomic E-state index is -1.19. The molecule has 0 spiro atoms. The first-order chi connectivity index (χ1) is 17.7. The van der Waals surface area contributed by atoms with E-state index in [1.165, 1.54) is 48.5 Å². The lowest BCUT2D eigenvalue weighted by Crippen LogP contribution is -2.28. The van der Waals surface area contributed by atoms with E-state index in [2.05, 4.69) is 36.2 Å². The average Bonchev–Trinajstić information content (AvgIpc) is 3.56. The molecule has 37 heavy (non-hydrogen) atoms. The van der Waals surface area contributed by atoms with Crippen molar-refractivity contribution < 1.29 is 19.4 Å². The first kappa shape index (κ1) is 27.4. The van der Waals surface area contributed by atoms with Gasteiger partial charge in [-0.15, -0.1) is 0 Å². The zero-order chi connectivity index (χ0) is 27.0. The van der Waals surface area contributed by atoms with Crippen LogP contribution in [0.1, 0.15) is 64.1 Å². The number of aromatic carboxylic acids is 1. The molecule has 1 aliphatic rings. The Hall–Kier alpha value is -4.16. The van der Waals surface area contributed by atoms with E-state index in [1.54, 1.807) is 37.4 Å². The van der Waals surface area contributed by atoms with E-state index in [0.29, 0.717) is 22.4 Å². The van der Waals surface area contributed by atoms with E-state index in [1.807, 2.05) is 12.1 Å². The van der Waals surface area contributed by atoms with Crippen molar-refractivity contribution in [3.63, 3.8) is 0 Å². The van der Waals surface area contributed by atoms with Crippen molar-refractivity contribution >= 4 is 11.9 Å². The molecule has 1 aliphatic carbocycles. The highest BCUT2D eigenvalue weighted by atomic mass is 16.5. The quantitative estimate of drug-likeness (QED) is 0.474. The lowest BCUT2D eigenvalue weighted by atomic mass is 9.76. The van der Waals surface area contributed by atoms with Gasteiger partial charge in [-0.3, -0.25) is 4.79 Å². The standard InChI is InChI=1S/C16H24N2O.C12H9N3O3/c1-18(2)12-11-16(9-3-4-10-16)14-7-5-13(6-8-14)15(17)19;1-18-10-4-2-9(3-5-10)15-11(12(16)17)8(6-13)7-14-15/h5-8H,3-4,9-12H2,1-2H3,(H2,17,19);2-5,7H,1H3,(H,16,17). The SMILES string of the molecule is CN(C)CCC1(c2ccc(C(N)=O)cc2)CCCC1.COc1ccc(-n2ncc(C#N)c2C(=O)O)cc1. The maximum absolute atomic E-state index is 11.1. The summed E-state index contributed by atoms with van der Waals surface area (Å²) in [6, 6.07) is 16.4. The van der Waals surface area contributed by atoms with Crippen LogP contribution in [-0.4, -0.2) is 59.4 Å². The highest BCUT2D eigenvalue weighted by molar-refractivity contribution is 5.92. The van der Waals surface area contributed by atoms with Crippen molar-refractivity contribution in [1.29, 1.82) is 5.26 Å². The first-order valence-corrected chi connectivity index (χ1v) is 12.1. The molecule has 1 amide bonds. The molecule has 0 unspecified atom stereocenters. The number of methoxy groups -OCH3 is 1. The molecule has 0 atom stereocenters. The largest absolute Gasteiger partial charge is 0.497 e. The predicted octanol–water partition coefficient (Wildman–Crippen LogP) is 4.00. The van der Waals surface area contributed by atoms with E-state index in [-0.39, 0.29) is 17.2 Å². The van der Waals surface area contributed by atoms with Crippen molar-refractivity contribution in [2.24, 2.45) is 5.73 Å². The number of hydrogen-bond donors (Lipinski definition) is 2. The summed E-state index contributed by atoms with van der Waals surface area (Å²) >= 11 is 0. The minimum absolute atomic E-state index is 0.0262. The van der Waals surface area contributed by atoms with Crippen LogP contribution in [0.15, 0.2) is 54.7 Å². The Balaban J connectivity index is 0.000000206. The normalized spacial score (nSPS) is 13.9. The van der Waals surface area contributed by atoms with E-state index in [9.17, 15) is 9.59 Å². The number of hydrogen-bond acceptors (Lipinski definition) is 6. The molecule has 9 nitrogen and oxygen atoms in total. The van der Waals surface area contributed by atoms with Gasteiger partial charge in [0.1, 0.15) is 17.4 Å². The van der Waals surface area contributed by atoms with Crippen molar-refractivity contribution in [2.75, 3.05) is 27.7 Å². The Morgan fingerprint density at radius 3 is 2.24 bits per heavy atom. The number of primary amides is 1. The minimum Gasteiger partial charge on any atom is -0.497 e. The number of carbonyl (C=O) groups is 2. The first-order valence-electron chi connectivity index (χ1n) is 12.1. The zero-order valence-electron chi connectivity index (χ0n) is 21.5. The molecule has 0 radical (unpaired) electrons. The van der Waals surface area contributed by atoms with Gasteiger partial charge < -0.3 is 20.5 Å². The third kappa shape index (κ3) is 6.54. The second-order valence-electron chi connectivity index (χ2n) is 9.42. The van der Waals surface area contributed by atoms with E-state index >= 15 is 0 Å². The highest BCUT2D eigenvalue weighted by Crippen LogP contribution is 2.43. The molecule has 0 bridgehead atoms. The number of carboxylic acid groups (broad SMARTS) is 1. The van der Waals surface area contributed by atoms with E-state index in [0.717, 1.165) is 6.54 Å². The molecule has 1 heterocycles. The number of carboxylic acids is 1. The van der Waals surface area contributed by atoms with Crippen LogP contribution in [-0.2, 0) is 5.41 Å². The summed E-state index contributed by atoms with van der Waals surface area (Å²) in [5, 5.41) is 21.8. The molecular weight excluding hydrogens is 470 g/mol. The van der Waals surface area contributed by atoms with Gasteiger partial charge in [0.15, 0.2) is 5.69 Å². The maximum Gasteiger partial charge on any atom is 0.356 e. The van der Waals surface area contributed by atoms with Crippen molar-refractivity contribution in [1.82, 2.24) is 14.7 Å². The molecule has 2 aromatic carbocycles. The van der Waals surface area contributed by atoms with Crippen LogP contribution in [0.2, 0.25) is 0 Å². The molecule has 9 heteroatoms. The zero-order valence-corrected chi connectivity index (χ0v) is 21.5. The van der Waals surface area contributed by atoms with Crippen molar-refractivity contribution in [3.05, 3.63) is 77.1 Å². The number of amides is 1. The monoisotopic (exact) mass is 503 g/mol. The van der Waals surface area contributed by atoms with E-state index in [4.69, 9.17) is 20.8 Å². The van der Waals surface area contributed by atoms with Crippen LogP contribution in [0.25, 0.3) is 5.69 Å². The van der Waals surface area contributed by atoms with Gasteiger partial charge in [0.2, 0.25) is 5.91 Å². The van der Waals surface area contributed by atoms with Gasteiger partial charge in [0.05, 0.1) is 19.0 Å². The number of rotatable bonds is 8. The third-order valence-electron chi connectivity index (χ3n) is 6.79. The second-order valence-corrected chi connectivity index (χ2v) is 9.42. The number of ether oxygens (including phenoxy) is 1. The number of benzene rings is 2. The fourth-order valence-electron chi connectivity index (χ4n) is 4.72. The lowest BCUT2D eigenvalue weighted by Gasteiger charge is -2.31. The molecule has 194 valence electrons. The number of nitrogens with zero attached hydrogens (tertiary/aromatic N) is 4. The van der Waals surface area contributed by atoms with Gasteiger partial charge >= 0.3 is 5.97 Å². The van der Waals surface area contributed by atoms with Crippen molar-refractivity contribution in [3.8, 4) is 17.5 Å². The summed E-state index contributed by atoms with van der Waals surface area (Å²) in [7, 11) is 5.79. The molecule has 4 rings (SSSR count). The Bertz CT molecular complexity index is 1250.